The van der Waals surface area contributed by atoms with Gasteiger partial charge in [-0.1, -0.05) is 30.3 Å². The summed E-state index contributed by atoms with van der Waals surface area (Å²) in [6.07, 6.45) is 5.75. The van der Waals surface area contributed by atoms with Crippen molar-refractivity contribution < 1.29 is 13.2 Å². The summed E-state index contributed by atoms with van der Waals surface area (Å²) in [5.74, 6) is 0.890. The molecule has 2 aliphatic rings. The van der Waals surface area contributed by atoms with Gasteiger partial charge in [0.25, 0.3) is 0 Å². The molecule has 1 aliphatic heterocycles. The Morgan fingerprint density at radius 2 is 1.92 bits per heavy atom. The quantitative estimate of drug-likeness (QED) is 0.815. The van der Waals surface area contributed by atoms with E-state index in [4.69, 9.17) is 0 Å². The molecule has 1 N–H and O–H groups in total. The molecule has 1 heterocycles. The average molecular weight is 350 g/mol. The standard InChI is InChI=1S/C18H26N2O3S/c1-24(22,23)20-12-16(15-10-11-15)17(13-20)19-18(21)9-5-8-14-6-3-2-4-7-14/h2-4,6-7,15-17H,5,8-13H2,1H3,(H,19,21). The predicted molar refractivity (Wildman–Crippen MR) is 93.9 cm³/mol. The highest BCUT2D eigenvalue weighted by Gasteiger charge is 2.45. The van der Waals surface area contributed by atoms with Gasteiger partial charge in [-0.05, 0) is 43.1 Å². The van der Waals surface area contributed by atoms with Crippen LogP contribution in [0, 0.1) is 11.8 Å². The lowest BCUT2D eigenvalue weighted by Crippen LogP contribution is -2.41. The number of carbonyl (C=O) groups is 1. The first-order valence-corrected chi connectivity index (χ1v) is 10.6. The van der Waals surface area contributed by atoms with Crippen LogP contribution in [-0.4, -0.2) is 44.0 Å². The average Bonchev–Trinajstić information content (AvgIpc) is 3.28. The smallest absolute Gasteiger partial charge is 0.220 e. The second-order valence-electron chi connectivity index (χ2n) is 7.09. The molecule has 0 radical (unpaired) electrons. The van der Waals surface area contributed by atoms with E-state index in [1.54, 1.807) is 0 Å². The maximum absolute atomic E-state index is 12.3. The van der Waals surface area contributed by atoms with Crippen molar-refractivity contribution in [2.45, 2.75) is 38.1 Å². The van der Waals surface area contributed by atoms with Crippen LogP contribution in [0.3, 0.4) is 0 Å². The predicted octanol–water partition coefficient (Wildman–Crippen LogP) is 1.80. The fourth-order valence-electron chi connectivity index (χ4n) is 3.59. The molecule has 0 bridgehead atoms. The van der Waals surface area contributed by atoms with Gasteiger partial charge < -0.3 is 5.32 Å². The van der Waals surface area contributed by atoms with Crippen LogP contribution >= 0.6 is 0 Å². The van der Waals surface area contributed by atoms with Gasteiger partial charge in [0.15, 0.2) is 0 Å². The van der Waals surface area contributed by atoms with Crippen LogP contribution in [0.5, 0.6) is 0 Å². The molecule has 0 aromatic heterocycles. The minimum Gasteiger partial charge on any atom is -0.352 e. The zero-order valence-corrected chi connectivity index (χ0v) is 15.0. The van der Waals surface area contributed by atoms with Crippen LogP contribution in [0.1, 0.15) is 31.2 Å². The van der Waals surface area contributed by atoms with E-state index in [-0.39, 0.29) is 17.9 Å². The number of nitrogens with one attached hydrogen (secondary N) is 1. The fraction of sp³-hybridized carbons (Fsp3) is 0.611. The van der Waals surface area contributed by atoms with Crippen molar-refractivity contribution in [3.63, 3.8) is 0 Å². The molecule has 1 aromatic carbocycles. The third-order valence-corrected chi connectivity index (χ3v) is 6.32. The highest BCUT2D eigenvalue weighted by Crippen LogP contribution is 2.41. The van der Waals surface area contributed by atoms with Gasteiger partial charge in [-0.15, -0.1) is 0 Å². The topological polar surface area (TPSA) is 66.5 Å². The number of amides is 1. The van der Waals surface area contributed by atoms with E-state index in [0.29, 0.717) is 25.4 Å². The summed E-state index contributed by atoms with van der Waals surface area (Å²) in [5, 5.41) is 3.09. The van der Waals surface area contributed by atoms with Crippen molar-refractivity contribution in [2.24, 2.45) is 11.8 Å². The van der Waals surface area contributed by atoms with Gasteiger partial charge in [-0.2, -0.15) is 4.31 Å². The van der Waals surface area contributed by atoms with Crippen molar-refractivity contribution in [3.05, 3.63) is 35.9 Å². The van der Waals surface area contributed by atoms with Crippen LogP contribution in [0.25, 0.3) is 0 Å². The third kappa shape index (κ3) is 4.57. The lowest BCUT2D eigenvalue weighted by atomic mass is 9.98. The molecule has 1 aliphatic carbocycles. The normalized spacial score (nSPS) is 24.9. The van der Waals surface area contributed by atoms with Crippen molar-refractivity contribution in [2.75, 3.05) is 19.3 Å². The van der Waals surface area contributed by atoms with Crippen molar-refractivity contribution in [1.29, 1.82) is 0 Å². The Morgan fingerprint density at radius 3 is 2.54 bits per heavy atom. The molecule has 5 nitrogen and oxygen atoms in total. The van der Waals surface area contributed by atoms with Gasteiger partial charge >= 0.3 is 0 Å². The van der Waals surface area contributed by atoms with Gasteiger partial charge in [-0.3, -0.25) is 4.79 Å². The van der Waals surface area contributed by atoms with Crippen LogP contribution in [0.4, 0.5) is 0 Å². The van der Waals surface area contributed by atoms with E-state index in [2.05, 4.69) is 17.4 Å². The maximum atomic E-state index is 12.3. The van der Waals surface area contributed by atoms with Crippen molar-refractivity contribution >= 4 is 15.9 Å². The van der Waals surface area contributed by atoms with E-state index < -0.39 is 10.0 Å². The first-order chi connectivity index (χ1) is 11.4. The Hall–Kier alpha value is -1.40. The molecule has 1 saturated heterocycles. The Kier molecular flexibility index (Phi) is 5.25. The number of aryl methyl sites for hydroxylation is 1. The monoisotopic (exact) mass is 350 g/mol. The summed E-state index contributed by atoms with van der Waals surface area (Å²) < 4.78 is 25.1. The molecule has 0 spiro atoms. The zero-order chi connectivity index (χ0) is 17.2. The highest BCUT2D eigenvalue weighted by molar-refractivity contribution is 7.88. The van der Waals surface area contributed by atoms with Crippen molar-refractivity contribution in [1.82, 2.24) is 9.62 Å². The van der Waals surface area contributed by atoms with Crippen LogP contribution in [0.15, 0.2) is 30.3 Å². The number of hydrogen-bond acceptors (Lipinski definition) is 3. The molecular weight excluding hydrogens is 324 g/mol. The second kappa shape index (κ2) is 7.23. The van der Waals surface area contributed by atoms with Gasteiger partial charge in [0.1, 0.15) is 0 Å². The number of carbonyl (C=O) groups excluding carboxylic acids is 1. The molecule has 1 aromatic rings. The van der Waals surface area contributed by atoms with Gasteiger partial charge in [0.05, 0.1) is 6.26 Å². The van der Waals surface area contributed by atoms with Gasteiger partial charge in [0, 0.05) is 25.6 Å². The van der Waals surface area contributed by atoms with Crippen LogP contribution in [-0.2, 0) is 21.2 Å². The largest absolute Gasteiger partial charge is 0.352 e. The van der Waals surface area contributed by atoms with E-state index in [0.717, 1.165) is 25.7 Å². The van der Waals surface area contributed by atoms with E-state index in [1.807, 2.05) is 18.2 Å². The summed E-state index contributed by atoms with van der Waals surface area (Å²) in [5.41, 5.74) is 1.24. The number of sulfonamides is 1. The lowest BCUT2D eigenvalue weighted by molar-refractivity contribution is -0.122. The molecule has 1 amide bonds. The van der Waals surface area contributed by atoms with Crippen LogP contribution in [0.2, 0.25) is 0 Å². The number of benzene rings is 1. The number of nitrogens with zero attached hydrogens (tertiary/aromatic N) is 1. The first-order valence-electron chi connectivity index (χ1n) is 8.72. The molecule has 24 heavy (non-hydrogen) atoms. The second-order valence-corrected chi connectivity index (χ2v) is 9.08. The van der Waals surface area contributed by atoms with E-state index in [1.165, 1.54) is 16.1 Å². The fourth-order valence-corrected chi connectivity index (χ4v) is 4.47. The molecule has 1 saturated carbocycles. The van der Waals surface area contributed by atoms with Gasteiger partial charge in [-0.25, -0.2) is 8.42 Å². The minimum atomic E-state index is -3.18. The van der Waals surface area contributed by atoms with Crippen LogP contribution < -0.4 is 5.32 Å². The van der Waals surface area contributed by atoms with E-state index >= 15 is 0 Å². The molecule has 3 rings (SSSR count). The SMILES string of the molecule is CS(=O)(=O)N1CC(NC(=O)CCCc2ccccc2)C(C2CC2)C1. The Balaban J connectivity index is 1.49. The molecule has 132 valence electrons. The summed E-state index contributed by atoms with van der Waals surface area (Å²) in [4.78, 5) is 12.3. The Bertz CT molecular complexity index is 671. The first kappa shape index (κ1) is 17.4. The number of rotatable bonds is 7. The zero-order valence-electron chi connectivity index (χ0n) is 14.1. The summed E-state index contributed by atoms with van der Waals surface area (Å²) >= 11 is 0. The Labute approximate surface area is 144 Å². The maximum Gasteiger partial charge on any atom is 0.220 e. The molecule has 2 fully saturated rings. The summed E-state index contributed by atoms with van der Waals surface area (Å²) in [6.45, 7) is 0.975. The molecule has 2 unspecified atom stereocenters. The molecule has 6 heteroatoms. The lowest BCUT2D eigenvalue weighted by Gasteiger charge is -2.19. The minimum absolute atomic E-state index is 0.0311. The number of hydrogen-bond donors (Lipinski definition) is 1. The van der Waals surface area contributed by atoms with Gasteiger partial charge in [0.2, 0.25) is 15.9 Å². The summed E-state index contributed by atoms with van der Waals surface area (Å²) in [6, 6.07) is 10.1. The van der Waals surface area contributed by atoms with Crippen molar-refractivity contribution in [3.8, 4) is 0 Å². The third-order valence-electron chi connectivity index (χ3n) is 5.09. The highest BCUT2D eigenvalue weighted by atomic mass is 32.2. The van der Waals surface area contributed by atoms with E-state index in [9.17, 15) is 13.2 Å². The summed E-state index contributed by atoms with van der Waals surface area (Å²) in [7, 11) is -3.18. The Morgan fingerprint density at radius 1 is 1.21 bits per heavy atom. The molecule has 2 atom stereocenters. The molecular formula is C18H26N2O3S.